The Labute approximate surface area is 300 Å². The zero-order valence-electron chi connectivity index (χ0n) is 30.6. The topological polar surface area (TPSA) is 196 Å². The van der Waals surface area contributed by atoms with Crippen LogP contribution in [0.5, 0.6) is 0 Å². The van der Waals surface area contributed by atoms with Crippen molar-refractivity contribution in [2.24, 2.45) is 44.8 Å². The molecule has 0 spiro atoms. The predicted octanol–water partition coefficient (Wildman–Crippen LogP) is 2.66. The minimum Gasteiger partial charge on any atom is -0.481 e. The van der Waals surface area contributed by atoms with Gasteiger partial charge in [0.2, 0.25) is 0 Å². The van der Waals surface area contributed by atoms with Gasteiger partial charge in [0.25, 0.3) is 0 Å². The molecular formula is C39H60O12. The van der Waals surface area contributed by atoms with Gasteiger partial charge in [-0.15, -0.1) is 0 Å². The van der Waals surface area contributed by atoms with Gasteiger partial charge in [0.05, 0.1) is 31.3 Å². The summed E-state index contributed by atoms with van der Waals surface area (Å²) >= 11 is 0. The average molecular weight is 721 g/mol. The Morgan fingerprint density at radius 3 is 2.24 bits per heavy atom. The van der Waals surface area contributed by atoms with Crippen LogP contribution in [-0.4, -0.2) is 117 Å². The number of ether oxygens (including phenoxy) is 4. The van der Waals surface area contributed by atoms with E-state index in [1.165, 1.54) is 5.57 Å². The Kier molecular flexibility index (Phi) is 9.72. The first-order valence-corrected chi connectivity index (χ1v) is 19.1. The third kappa shape index (κ3) is 5.48. The van der Waals surface area contributed by atoms with Gasteiger partial charge in [-0.05, 0) is 92.3 Å². The number of aliphatic hydroxyl groups is 6. The fraction of sp³-hybridized carbons (Fsp3) is 0.872. The van der Waals surface area contributed by atoms with Crippen molar-refractivity contribution >= 4 is 5.97 Å². The highest BCUT2D eigenvalue weighted by molar-refractivity contribution is 5.77. The lowest BCUT2D eigenvalue weighted by molar-refractivity contribution is -0.358. The van der Waals surface area contributed by atoms with E-state index in [0.717, 1.165) is 50.5 Å². The monoisotopic (exact) mass is 720 g/mol. The summed E-state index contributed by atoms with van der Waals surface area (Å²) in [5, 5.41) is 74.0. The molecule has 2 saturated heterocycles. The summed E-state index contributed by atoms with van der Waals surface area (Å²) in [6, 6.07) is 0. The fourth-order valence-corrected chi connectivity index (χ4v) is 12.7. The summed E-state index contributed by atoms with van der Waals surface area (Å²) in [6.45, 7) is 13.0. The maximum absolute atomic E-state index is 12.9. The molecule has 2 aliphatic heterocycles. The number of hydrogen-bond acceptors (Lipinski definition) is 11. The quantitative estimate of drug-likeness (QED) is 0.157. The summed E-state index contributed by atoms with van der Waals surface area (Å²) in [6.07, 6.45) is -1.36. The lowest BCUT2D eigenvalue weighted by Gasteiger charge is -2.71. The molecule has 17 atom stereocenters. The Hall–Kier alpha value is -1.45. The van der Waals surface area contributed by atoms with E-state index in [2.05, 4.69) is 40.3 Å². The summed E-state index contributed by atoms with van der Waals surface area (Å²) < 4.78 is 23.9. The first-order valence-electron chi connectivity index (χ1n) is 19.1. The molecule has 12 nitrogen and oxygen atoms in total. The van der Waals surface area contributed by atoms with Crippen molar-refractivity contribution in [2.45, 2.75) is 147 Å². The molecule has 2 heterocycles. The molecule has 7 rings (SSSR count). The maximum Gasteiger partial charge on any atom is 0.310 e. The number of carbonyl (C=O) groups is 1. The molecule has 4 saturated carbocycles. The van der Waals surface area contributed by atoms with Crippen LogP contribution in [0.25, 0.3) is 0 Å². The van der Waals surface area contributed by atoms with Gasteiger partial charge < -0.3 is 54.7 Å². The number of carboxylic acids is 1. The van der Waals surface area contributed by atoms with Crippen LogP contribution in [0.1, 0.15) is 91.9 Å². The minimum atomic E-state index is -1.61. The van der Waals surface area contributed by atoms with Gasteiger partial charge >= 0.3 is 5.97 Å². The third-order valence-corrected chi connectivity index (χ3v) is 16.0. The molecule has 0 radical (unpaired) electrons. The van der Waals surface area contributed by atoms with Crippen LogP contribution >= 0.6 is 0 Å². The van der Waals surface area contributed by atoms with Gasteiger partial charge in [-0.3, -0.25) is 4.79 Å². The molecule has 7 N–H and O–H groups in total. The Bertz CT molecular complexity index is 1400. The van der Waals surface area contributed by atoms with Crippen LogP contribution in [0.2, 0.25) is 0 Å². The van der Waals surface area contributed by atoms with Crippen molar-refractivity contribution < 1.29 is 59.5 Å². The van der Waals surface area contributed by atoms with E-state index in [-0.39, 0.29) is 47.9 Å². The molecule has 288 valence electrons. The third-order valence-electron chi connectivity index (χ3n) is 16.0. The molecule has 0 aromatic rings. The first kappa shape index (κ1) is 37.8. The SMILES string of the molecule is C=C1CC[C@]2(C(=O)O)CC[C@]3(C)C(=CC[C@@H]4[C@@]5(C)CC[C@H](O[C@H]6OC[C@H](O)[C@H](O)[C@H]6O[C@@H]6OC[C@@H](O)[C@H](O)[C@H]6O)[C@@](C)(CO)[C@@H]5CC[C@]43C)[C@H]2C1. The zero-order valence-corrected chi connectivity index (χ0v) is 30.6. The van der Waals surface area contributed by atoms with Crippen LogP contribution in [0.3, 0.4) is 0 Å². The fourth-order valence-electron chi connectivity index (χ4n) is 12.7. The summed E-state index contributed by atoms with van der Waals surface area (Å²) in [5.74, 6) is -0.309. The largest absolute Gasteiger partial charge is 0.481 e. The summed E-state index contributed by atoms with van der Waals surface area (Å²) in [5.41, 5.74) is 0.690. The predicted molar refractivity (Wildman–Crippen MR) is 183 cm³/mol. The molecule has 7 aliphatic rings. The number of allylic oxidation sites excluding steroid dienone is 3. The molecule has 12 heteroatoms. The molecule has 0 amide bonds. The van der Waals surface area contributed by atoms with E-state index in [1.807, 2.05) is 0 Å². The second-order valence-electron chi connectivity index (χ2n) is 18.2. The molecular weight excluding hydrogens is 660 g/mol. The number of fused-ring (bicyclic) bond motifs is 7. The normalized spacial score (nSPS) is 54.3. The molecule has 0 unspecified atom stereocenters. The second kappa shape index (κ2) is 13.1. The molecule has 51 heavy (non-hydrogen) atoms. The maximum atomic E-state index is 12.9. The van der Waals surface area contributed by atoms with Gasteiger partial charge in [0, 0.05) is 11.3 Å². The summed E-state index contributed by atoms with van der Waals surface area (Å²) in [7, 11) is 0. The Balaban J connectivity index is 1.15. The van der Waals surface area contributed by atoms with E-state index < -0.39 is 72.1 Å². The van der Waals surface area contributed by atoms with E-state index in [0.29, 0.717) is 25.2 Å². The van der Waals surface area contributed by atoms with Gasteiger partial charge in [-0.25, -0.2) is 0 Å². The highest BCUT2D eigenvalue weighted by Gasteiger charge is 2.69. The minimum absolute atomic E-state index is 0.0295. The number of aliphatic hydroxyl groups excluding tert-OH is 6. The van der Waals surface area contributed by atoms with Crippen LogP contribution in [0.15, 0.2) is 23.8 Å². The lowest BCUT2D eigenvalue weighted by Crippen LogP contribution is -2.66. The molecule has 0 aromatic carbocycles. The van der Waals surface area contributed by atoms with Crippen molar-refractivity contribution in [3.05, 3.63) is 23.8 Å². The highest BCUT2D eigenvalue weighted by atomic mass is 16.7. The van der Waals surface area contributed by atoms with E-state index in [9.17, 15) is 40.5 Å². The van der Waals surface area contributed by atoms with E-state index in [4.69, 9.17) is 18.9 Å². The van der Waals surface area contributed by atoms with Crippen molar-refractivity contribution in [2.75, 3.05) is 19.8 Å². The van der Waals surface area contributed by atoms with Gasteiger partial charge in [-0.1, -0.05) is 51.5 Å². The molecule has 0 bridgehead atoms. The van der Waals surface area contributed by atoms with Gasteiger partial charge in [0.15, 0.2) is 12.6 Å². The van der Waals surface area contributed by atoms with Gasteiger partial charge in [-0.2, -0.15) is 0 Å². The first-order chi connectivity index (χ1) is 24.0. The lowest BCUT2D eigenvalue weighted by atomic mass is 9.34. The highest BCUT2D eigenvalue weighted by Crippen LogP contribution is 2.75. The Morgan fingerprint density at radius 1 is 0.863 bits per heavy atom. The number of aliphatic carboxylic acids is 1. The van der Waals surface area contributed by atoms with Crippen molar-refractivity contribution in [1.29, 1.82) is 0 Å². The smallest absolute Gasteiger partial charge is 0.310 e. The van der Waals surface area contributed by atoms with Crippen molar-refractivity contribution in [3.8, 4) is 0 Å². The standard InChI is InChI=1S/C39H60O12/c1-20-8-13-39(34(46)47)15-14-37(4)21(22(39)16-20)6-7-26-35(2)11-10-27(36(3,19-40)25(35)9-12-38(26,37)5)50-33-31(29(44)24(42)18-49-33)51-32-30(45)28(43)23(41)17-48-32/h6,22-33,40-45H,1,7-19H2,2-5H3,(H,46,47)/t22-,23-,24+,25-,26-,27+,28+,29+,30-,31-,32+,33-,35+,36+,37-,38-,39+/m1/s1. The zero-order chi connectivity index (χ0) is 36.9. The second-order valence-corrected chi connectivity index (χ2v) is 18.2. The van der Waals surface area contributed by atoms with Crippen LogP contribution in [0.4, 0.5) is 0 Å². The van der Waals surface area contributed by atoms with Crippen molar-refractivity contribution in [3.63, 3.8) is 0 Å². The van der Waals surface area contributed by atoms with Crippen LogP contribution in [0, 0.1) is 44.8 Å². The molecule has 0 aromatic heterocycles. The Morgan fingerprint density at radius 2 is 1.55 bits per heavy atom. The van der Waals surface area contributed by atoms with Crippen LogP contribution < -0.4 is 0 Å². The number of carboxylic acid groups (broad SMARTS) is 1. The van der Waals surface area contributed by atoms with Gasteiger partial charge in [0.1, 0.15) is 36.6 Å². The number of hydrogen-bond donors (Lipinski definition) is 7. The molecule has 5 aliphatic carbocycles. The number of rotatable bonds is 6. The van der Waals surface area contributed by atoms with E-state index in [1.54, 1.807) is 0 Å². The van der Waals surface area contributed by atoms with Crippen molar-refractivity contribution in [1.82, 2.24) is 0 Å². The summed E-state index contributed by atoms with van der Waals surface area (Å²) in [4.78, 5) is 12.9. The van der Waals surface area contributed by atoms with E-state index >= 15 is 0 Å². The van der Waals surface area contributed by atoms with Crippen LogP contribution in [-0.2, 0) is 23.7 Å². The molecule has 6 fully saturated rings. The average Bonchev–Trinajstić information content (AvgIpc) is 3.09.